The summed E-state index contributed by atoms with van der Waals surface area (Å²) in [6.45, 7) is 0. The van der Waals surface area contributed by atoms with Crippen LogP contribution in [0.25, 0.3) is 0 Å². The van der Waals surface area contributed by atoms with Crippen molar-refractivity contribution in [1.29, 1.82) is 0 Å². The van der Waals surface area contributed by atoms with Gasteiger partial charge in [-0.1, -0.05) is 47.1 Å². The smallest absolute Gasteiger partial charge is 0.263 e. The zero-order chi connectivity index (χ0) is 19.7. The van der Waals surface area contributed by atoms with Crippen LogP contribution in [-0.2, 0) is 0 Å². The molecule has 2 unspecified atom stereocenters. The lowest BCUT2D eigenvalue weighted by atomic mass is 9.94. The van der Waals surface area contributed by atoms with Gasteiger partial charge in [0.2, 0.25) is 5.88 Å². The van der Waals surface area contributed by atoms with Crippen LogP contribution in [-0.4, -0.2) is 11.1 Å². The molecule has 1 aromatic heterocycles. The minimum Gasteiger partial charge on any atom is -0.367 e. The van der Waals surface area contributed by atoms with Crippen molar-refractivity contribution in [2.24, 2.45) is 0 Å². The van der Waals surface area contributed by atoms with Gasteiger partial charge in [-0.15, -0.1) is 0 Å². The second-order valence-electron chi connectivity index (χ2n) is 7.01. The summed E-state index contributed by atoms with van der Waals surface area (Å²) in [7, 11) is 0. The molecule has 0 bridgehead atoms. The van der Waals surface area contributed by atoms with Gasteiger partial charge in [0, 0.05) is 11.6 Å². The lowest BCUT2D eigenvalue weighted by Gasteiger charge is -2.11. The Morgan fingerprint density at radius 3 is 2.68 bits per heavy atom. The van der Waals surface area contributed by atoms with Gasteiger partial charge in [-0.05, 0) is 48.9 Å². The SMILES string of the molecule is Nc1onc(C2CCC(c3ccccc3)C2)c1C(=O)Nc1ccc(F)c(Cl)c1. The number of carbonyl (C=O) groups excluding carboxylic acids is 1. The molecule has 0 spiro atoms. The summed E-state index contributed by atoms with van der Waals surface area (Å²) in [6.07, 6.45) is 2.78. The zero-order valence-electron chi connectivity index (χ0n) is 15.0. The van der Waals surface area contributed by atoms with E-state index in [0.29, 0.717) is 17.3 Å². The molecule has 2 aromatic carbocycles. The van der Waals surface area contributed by atoms with E-state index in [1.165, 1.54) is 23.8 Å². The third-order valence-electron chi connectivity index (χ3n) is 5.24. The lowest BCUT2D eigenvalue weighted by molar-refractivity contribution is 0.102. The summed E-state index contributed by atoms with van der Waals surface area (Å²) in [5.41, 5.74) is 8.35. The summed E-state index contributed by atoms with van der Waals surface area (Å²) in [6, 6.07) is 14.3. The first-order chi connectivity index (χ1) is 13.5. The highest BCUT2D eigenvalue weighted by atomic mass is 35.5. The molecule has 0 radical (unpaired) electrons. The fourth-order valence-electron chi connectivity index (χ4n) is 3.85. The maximum Gasteiger partial charge on any atom is 0.263 e. The Bertz CT molecular complexity index is 1010. The Hall–Kier alpha value is -2.86. The molecule has 0 saturated heterocycles. The Balaban J connectivity index is 1.54. The van der Waals surface area contributed by atoms with Gasteiger partial charge in [0.25, 0.3) is 5.91 Å². The normalized spacial score (nSPS) is 18.9. The molecule has 144 valence electrons. The molecule has 4 rings (SSSR count). The van der Waals surface area contributed by atoms with Crippen molar-refractivity contribution in [2.75, 3.05) is 11.1 Å². The number of aromatic nitrogens is 1. The van der Waals surface area contributed by atoms with Crippen molar-refractivity contribution < 1.29 is 13.7 Å². The van der Waals surface area contributed by atoms with E-state index >= 15 is 0 Å². The van der Waals surface area contributed by atoms with Crippen molar-refractivity contribution in [3.63, 3.8) is 0 Å². The molecule has 1 fully saturated rings. The van der Waals surface area contributed by atoms with E-state index < -0.39 is 11.7 Å². The second kappa shape index (κ2) is 7.64. The van der Waals surface area contributed by atoms with Crippen LogP contribution in [0.3, 0.4) is 0 Å². The highest BCUT2D eigenvalue weighted by Gasteiger charge is 2.33. The number of nitrogens with zero attached hydrogens (tertiary/aromatic N) is 1. The first-order valence-electron chi connectivity index (χ1n) is 9.09. The van der Waals surface area contributed by atoms with E-state index in [2.05, 4.69) is 22.6 Å². The molecule has 0 aliphatic heterocycles. The van der Waals surface area contributed by atoms with Crippen molar-refractivity contribution in [1.82, 2.24) is 5.16 Å². The molecule has 1 aliphatic carbocycles. The van der Waals surface area contributed by atoms with Crippen LogP contribution in [0.4, 0.5) is 16.0 Å². The monoisotopic (exact) mass is 399 g/mol. The van der Waals surface area contributed by atoms with Gasteiger partial charge in [-0.3, -0.25) is 4.79 Å². The van der Waals surface area contributed by atoms with Gasteiger partial charge in [0.15, 0.2) is 0 Å². The van der Waals surface area contributed by atoms with Gasteiger partial charge < -0.3 is 15.6 Å². The Labute approximate surface area is 166 Å². The molecule has 2 atom stereocenters. The summed E-state index contributed by atoms with van der Waals surface area (Å²) in [5.74, 6) is -0.522. The number of halogens is 2. The number of hydrogen-bond donors (Lipinski definition) is 2. The zero-order valence-corrected chi connectivity index (χ0v) is 15.7. The van der Waals surface area contributed by atoms with Crippen LogP contribution < -0.4 is 11.1 Å². The van der Waals surface area contributed by atoms with Crippen LogP contribution in [0.2, 0.25) is 5.02 Å². The number of carbonyl (C=O) groups is 1. The molecular formula is C21H19ClFN3O2. The van der Waals surface area contributed by atoms with E-state index in [4.69, 9.17) is 21.9 Å². The first-order valence-corrected chi connectivity index (χ1v) is 9.47. The number of nitrogen functional groups attached to an aromatic ring is 1. The predicted octanol–water partition coefficient (Wildman–Crippen LogP) is 5.35. The maximum atomic E-state index is 13.3. The maximum absolute atomic E-state index is 13.3. The molecule has 3 N–H and O–H groups in total. The first kappa shape index (κ1) is 18.5. The average molecular weight is 400 g/mol. The third kappa shape index (κ3) is 3.60. The van der Waals surface area contributed by atoms with Crippen LogP contribution in [0.5, 0.6) is 0 Å². The van der Waals surface area contributed by atoms with Gasteiger partial charge in [-0.2, -0.15) is 0 Å². The van der Waals surface area contributed by atoms with E-state index in [1.54, 1.807) is 0 Å². The fraction of sp³-hybridized carbons (Fsp3) is 0.238. The van der Waals surface area contributed by atoms with Gasteiger partial charge in [0.1, 0.15) is 17.1 Å². The number of nitrogens with one attached hydrogen (secondary N) is 1. The van der Waals surface area contributed by atoms with Gasteiger partial charge >= 0.3 is 0 Å². The highest BCUT2D eigenvalue weighted by Crippen LogP contribution is 2.44. The summed E-state index contributed by atoms with van der Waals surface area (Å²) in [4.78, 5) is 12.8. The van der Waals surface area contributed by atoms with E-state index in [9.17, 15) is 9.18 Å². The molecule has 7 heteroatoms. The predicted molar refractivity (Wildman–Crippen MR) is 106 cm³/mol. The number of rotatable bonds is 4. The molecule has 5 nitrogen and oxygen atoms in total. The number of anilines is 2. The summed E-state index contributed by atoms with van der Waals surface area (Å²) in [5, 5.41) is 6.69. The Morgan fingerprint density at radius 2 is 1.93 bits per heavy atom. The van der Waals surface area contributed by atoms with Crippen LogP contribution >= 0.6 is 11.6 Å². The van der Waals surface area contributed by atoms with Crippen molar-refractivity contribution in [3.8, 4) is 0 Å². The number of amides is 1. The van der Waals surface area contributed by atoms with Gasteiger partial charge in [0.05, 0.1) is 5.02 Å². The largest absolute Gasteiger partial charge is 0.367 e. The Morgan fingerprint density at radius 1 is 1.18 bits per heavy atom. The van der Waals surface area contributed by atoms with E-state index in [-0.39, 0.29) is 22.4 Å². The van der Waals surface area contributed by atoms with E-state index in [0.717, 1.165) is 19.3 Å². The van der Waals surface area contributed by atoms with Crippen molar-refractivity contribution in [3.05, 3.63) is 76.2 Å². The van der Waals surface area contributed by atoms with Crippen LogP contribution in [0.1, 0.15) is 52.7 Å². The number of nitrogens with two attached hydrogens (primary N) is 1. The summed E-state index contributed by atoms with van der Waals surface area (Å²) < 4.78 is 18.5. The van der Waals surface area contributed by atoms with Crippen LogP contribution in [0.15, 0.2) is 53.1 Å². The quantitative estimate of drug-likeness (QED) is 0.619. The molecule has 1 amide bonds. The van der Waals surface area contributed by atoms with Crippen molar-refractivity contribution >= 4 is 29.1 Å². The fourth-order valence-corrected chi connectivity index (χ4v) is 4.03. The van der Waals surface area contributed by atoms with Crippen LogP contribution in [0, 0.1) is 5.82 Å². The minimum absolute atomic E-state index is 0.0242. The molecule has 1 heterocycles. The average Bonchev–Trinajstić information content (AvgIpc) is 3.32. The highest BCUT2D eigenvalue weighted by molar-refractivity contribution is 6.31. The topological polar surface area (TPSA) is 81.2 Å². The summed E-state index contributed by atoms with van der Waals surface area (Å²) >= 11 is 5.78. The second-order valence-corrected chi connectivity index (χ2v) is 7.41. The lowest BCUT2D eigenvalue weighted by Crippen LogP contribution is -2.16. The third-order valence-corrected chi connectivity index (χ3v) is 5.53. The van der Waals surface area contributed by atoms with E-state index in [1.807, 2.05) is 18.2 Å². The standard InChI is InChI=1S/C21H19ClFN3O2/c22-16-11-15(8-9-17(16)23)25-21(27)18-19(26-28-20(18)24)14-7-6-13(10-14)12-4-2-1-3-5-12/h1-5,8-9,11,13-14H,6-7,10,24H2,(H,25,27). The van der Waals surface area contributed by atoms with Gasteiger partial charge in [-0.25, -0.2) is 4.39 Å². The molecule has 1 saturated carbocycles. The molecule has 1 aliphatic rings. The number of hydrogen-bond acceptors (Lipinski definition) is 4. The number of benzene rings is 2. The minimum atomic E-state index is -0.553. The molecule has 3 aromatic rings. The molecular weight excluding hydrogens is 381 g/mol. The Kier molecular flexibility index (Phi) is 5.05. The molecule has 28 heavy (non-hydrogen) atoms. The van der Waals surface area contributed by atoms with Crippen molar-refractivity contribution in [2.45, 2.75) is 31.1 Å².